The first-order valence-corrected chi connectivity index (χ1v) is 5.33. The molecule has 0 saturated carbocycles. The molecule has 2 aliphatic rings. The summed E-state index contributed by atoms with van der Waals surface area (Å²) in [7, 11) is 0. The Kier molecular flexibility index (Phi) is 2.74. The fourth-order valence-corrected chi connectivity index (χ4v) is 2.49. The molecule has 0 aliphatic carbocycles. The van der Waals surface area contributed by atoms with Gasteiger partial charge in [0, 0.05) is 13.2 Å². The summed E-state index contributed by atoms with van der Waals surface area (Å²) in [6.07, 6.45) is 1.48. The molecule has 1 amide bonds. The van der Waals surface area contributed by atoms with Crippen LogP contribution in [0.5, 0.6) is 0 Å². The van der Waals surface area contributed by atoms with Gasteiger partial charge in [0.15, 0.2) is 0 Å². The number of piperidine rings is 1. The molecule has 1 N–H and O–H groups in total. The fourth-order valence-electron chi connectivity index (χ4n) is 2.49. The van der Waals surface area contributed by atoms with Crippen molar-refractivity contribution < 1.29 is 14.6 Å². The zero-order valence-corrected chi connectivity index (χ0v) is 8.48. The standard InChI is InChI=1S/C10H17NO3/c1-2-14-8-6-9(12)11-5-3-4-7(11)10(8)13/h7-8,10,13H,2-6H2,1H3/t7-,8?,10-/m1/s1. The lowest BCUT2D eigenvalue weighted by molar-refractivity contribution is -0.153. The number of aliphatic hydroxyl groups is 1. The van der Waals surface area contributed by atoms with E-state index in [1.54, 1.807) is 4.90 Å². The number of nitrogens with zero attached hydrogens (tertiary/aromatic N) is 1. The smallest absolute Gasteiger partial charge is 0.225 e. The summed E-state index contributed by atoms with van der Waals surface area (Å²) in [4.78, 5) is 13.4. The molecule has 80 valence electrons. The van der Waals surface area contributed by atoms with Crippen LogP contribution in [0.1, 0.15) is 26.2 Å². The van der Waals surface area contributed by atoms with Crippen molar-refractivity contribution in [3.8, 4) is 0 Å². The number of rotatable bonds is 2. The summed E-state index contributed by atoms with van der Waals surface area (Å²) in [5.74, 6) is 0.135. The molecule has 0 radical (unpaired) electrons. The average Bonchev–Trinajstić information content (AvgIpc) is 2.63. The number of hydrogen-bond acceptors (Lipinski definition) is 3. The monoisotopic (exact) mass is 199 g/mol. The van der Waals surface area contributed by atoms with Gasteiger partial charge in [-0.05, 0) is 19.8 Å². The number of carbonyl (C=O) groups is 1. The van der Waals surface area contributed by atoms with Crippen molar-refractivity contribution in [2.75, 3.05) is 13.2 Å². The highest BCUT2D eigenvalue weighted by Gasteiger charge is 2.43. The highest BCUT2D eigenvalue weighted by molar-refractivity contribution is 5.78. The summed E-state index contributed by atoms with van der Waals surface area (Å²) >= 11 is 0. The van der Waals surface area contributed by atoms with Gasteiger partial charge in [-0.25, -0.2) is 0 Å². The molecule has 0 bridgehead atoms. The van der Waals surface area contributed by atoms with E-state index in [1.165, 1.54) is 0 Å². The van der Waals surface area contributed by atoms with Gasteiger partial charge in [-0.2, -0.15) is 0 Å². The van der Waals surface area contributed by atoms with Gasteiger partial charge in [-0.1, -0.05) is 0 Å². The molecule has 0 aromatic rings. The van der Waals surface area contributed by atoms with Crippen LogP contribution in [0.3, 0.4) is 0 Å². The van der Waals surface area contributed by atoms with E-state index >= 15 is 0 Å². The van der Waals surface area contributed by atoms with Crippen LogP contribution in [0.15, 0.2) is 0 Å². The van der Waals surface area contributed by atoms with Crippen molar-refractivity contribution >= 4 is 5.91 Å². The van der Waals surface area contributed by atoms with E-state index in [1.807, 2.05) is 6.92 Å². The normalized spacial score (nSPS) is 37.4. The van der Waals surface area contributed by atoms with Gasteiger partial charge in [-0.3, -0.25) is 4.79 Å². The number of aliphatic hydroxyl groups excluding tert-OH is 1. The minimum absolute atomic E-state index is 0.00722. The summed E-state index contributed by atoms with van der Waals surface area (Å²) in [5, 5.41) is 9.97. The lowest BCUT2D eigenvalue weighted by Gasteiger charge is -2.38. The number of carbonyl (C=O) groups excluding carboxylic acids is 1. The molecular formula is C10H17NO3. The highest BCUT2D eigenvalue weighted by Crippen LogP contribution is 2.29. The Labute approximate surface area is 83.8 Å². The predicted molar refractivity (Wildman–Crippen MR) is 50.8 cm³/mol. The molecule has 4 heteroatoms. The van der Waals surface area contributed by atoms with Crippen LogP contribution in [0.2, 0.25) is 0 Å². The second-order valence-electron chi connectivity index (χ2n) is 3.99. The zero-order valence-electron chi connectivity index (χ0n) is 8.48. The van der Waals surface area contributed by atoms with E-state index < -0.39 is 6.10 Å². The lowest BCUT2D eigenvalue weighted by Crippen LogP contribution is -2.55. The largest absolute Gasteiger partial charge is 0.388 e. The van der Waals surface area contributed by atoms with Crippen LogP contribution < -0.4 is 0 Å². The molecule has 1 unspecified atom stereocenters. The van der Waals surface area contributed by atoms with E-state index in [4.69, 9.17) is 4.74 Å². The summed E-state index contributed by atoms with van der Waals surface area (Å²) in [6.45, 7) is 3.25. The first-order valence-electron chi connectivity index (χ1n) is 5.33. The molecular weight excluding hydrogens is 182 g/mol. The maximum Gasteiger partial charge on any atom is 0.225 e. The topological polar surface area (TPSA) is 49.8 Å². The van der Waals surface area contributed by atoms with Crippen molar-refractivity contribution in [2.45, 2.75) is 44.4 Å². The lowest BCUT2D eigenvalue weighted by atomic mass is 9.96. The Morgan fingerprint density at radius 2 is 2.43 bits per heavy atom. The van der Waals surface area contributed by atoms with Gasteiger partial charge < -0.3 is 14.7 Å². The molecule has 2 rings (SSSR count). The molecule has 4 nitrogen and oxygen atoms in total. The molecule has 2 aliphatic heterocycles. The first-order chi connectivity index (χ1) is 6.74. The third-order valence-electron chi connectivity index (χ3n) is 3.15. The zero-order chi connectivity index (χ0) is 10.1. The van der Waals surface area contributed by atoms with Crippen LogP contribution in [0.4, 0.5) is 0 Å². The van der Waals surface area contributed by atoms with Crippen LogP contribution in [0.25, 0.3) is 0 Å². The Bertz CT molecular complexity index is 231. The second kappa shape index (κ2) is 3.87. The van der Waals surface area contributed by atoms with E-state index in [9.17, 15) is 9.90 Å². The molecule has 2 saturated heterocycles. The third-order valence-corrected chi connectivity index (χ3v) is 3.15. The van der Waals surface area contributed by atoms with Crippen LogP contribution in [-0.4, -0.2) is 47.3 Å². The van der Waals surface area contributed by atoms with Crippen molar-refractivity contribution in [3.05, 3.63) is 0 Å². The Morgan fingerprint density at radius 3 is 3.14 bits per heavy atom. The summed E-state index contributed by atoms with van der Waals surface area (Å²) in [5.41, 5.74) is 0. The minimum atomic E-state index is -0.491. The van der Waals surface area contributed by atoms with Crippen molar-refractivity contribution in [1.82, 2.24) is 4.90 Å². The van der Waals surface area contributed by atoms with Crippen molar-refractivity contribution in [1.29, 1.82) is 0 Å². The maximum atomic E-state index is 11.6. The van der Waals surface area contributed by atoms with Gasteiger partial charge in [0.1, 0.15) is 6.10 Å². The molecule has 2 heterocycles. The Hall–Kier alpha value is -0.610. The van der Waals surface area contributed by atoms with E-state index in [0.717, 1.165) is 19.4 Å². The Balaban J connectivity index is 2.08. The quantitative estimate of drug-likeness (QED) is 0.688. The third kappa shape index (κ3) is 1.53. The van der Waals surface area contributed by atoms with Gasteiger partial charge in [0.25, 0.3) is 0 Å². The number of hydrogen-bond donors (Lipinski definition) is 1. The van der Waals surface area contributed by atoms with Gasteiger partial charge in [-0.15, -0.1) is 0 Å². The molecule has 0 aromatic carbocycles. The van der Waals surface area contributed by atoms with E-state index in [0.29, 0.717) is 13.0 Å². The second-order valence-corrected chi connectivity index (χ2v) is 3.99. The molecule has 2 fully saturated rings. The Morgan fingerprint density at radius 1 is 1.64 bits per heavy atom. The molecule has 3 atom stereocenters. The maximum absolute atomic E-state index is 11.6. The van der Waals surface area contributed by atoms with Crippen molar-refractivity contribution in [2.24, 2.45) is 0 Å². The van der Waals surface area contributed by atoms with Crippen LogP contribution in [-0.2, 0) is 9.53 Å². The molecule has 0 aromatic heterocycles. The van der Waals surface area contributed by atoms with E-state index in [-0.39, 0.29) is 18.1 Å². The minimum Gasteiger partial charge on any atom is -0.388 e. The van der Waals surface area contributed by atoms with Gasteiger partial charge >= 0.3 is 0 Å². The SMILES string of the molecule is CCOC1CC(=O)N2CCC[C@@H]2[C@H]1O. The van der Waals surface area contributed by atoms with Gasteiger partial charge in [0.05, 0.1) is 18.6 Å². The average molecular weight is 199 g/mol. The molecule has 0 spiro atoms. The summed E-state index contributed by atoms with van der Waals surface area (Å²) in [6, 6.07) is 0.00722. The van der Waals surface area contributed by atoms with E-state index in [2.05, 4.69) is 0 Å². The fraction of sp³-hybridized carbons (Fsp3) is 0.900. The number of ether oxygens (including phenoxy) is 1. The molecule has 14 heavy (non-hydrogen) atoms. The van der Waals surface area contributed by atoms with Crippen molar-refractivity contribution in [3.63, 3.8) is 0 Å². The highest BCUT2D eigenvalue weighted by atomic mass is 16.5. The van der Waals surface area contributed by atoms with Gasteiger partial charge in [0.2, 0.25) is 5.91 Å². The predicted octanol–water partition coefficient (Wildman–Crippen LogP) is 0.147. The number of amides is 1. The van der Waals surface area contributed by atoms with Crippen LogP contribution >= 0.6 is 0 Å². The first kappa shape index (κ1) is 9.93. The van der Waals surface area contributed by atoms with Crippen LogP contribution in [0, 0.1) is 0 Å². The number of fused-ring (bicyclic) bond motifs is 1. The summed E-state index contributed by atoms with van der Waals surface area (Å²) < 4.78 is 5.38.